The molecule has 5 heteroatoms. The molecule has 0 fully saturated rings. The van der Waals surface area contributed by atoms with Crippen molar-refractivity contribution >= 4 is 7.60 Å². The maximum Gasteiger partial charge on any atom is 0.353 e. The molecule has 0 saturated heterocycles. The van der Waals surface area contributed by atoms with Crippen molar-refractivity contribution in [2.75, 3.05) is 0 Å². The van der Waals surface area contributed by atoms with E-state index in [4.69, 9.17) is 14.9 Å². The monoisotopic (exact) mass is 140 g/mol. The number of hydrogen-bond acceptors (Lipinski definition) is 2. The van der Waals surface area contributed by atoms with Gasteiger partial charge in [-0.15, -0.1) is 0 Å². The first-order chi connectivity index (χ1) is 3.48. The van der Waals surface area contributed by atoms with E-state index in [1.807, 2.05) is 0 Å². The first kappa shape index (κ1) is 8.11. The molecule has 0 aromatic carbocycles. The Bertz CT molecular complexity index is 106. The molecule has 0 spiro atoms. The summed E-state index contributed by atoms with van der Waals surface area (Å²) >= 11 is 0. The Hall–Kier alpha value is 0.110. The van der Waals surface area contributed by atoms with E-state index in [0.717, 1.165) is 0 Å². The summed E-state index contributed by atoms with van der Waals surface area (Å²) in [7, 11) is -4.20. The van der Waals surface area contributed by atoms with Crippen LogP contribution in [0.4, 0.5) is 0 Å². The highest BCUT2D eigenvalue weighted by Gasteiger charge is 2.23. The van der Waals surface area contributed by atoms with Crippen molar-refractivity contribution in [3.8, 4) is 0 Å². The second-order valence-electron chi connectivity index (χ2n) is 1.48. The molecule has 50 valence electrons. The molecule has 0 bridgehead atoms. The van der Waals surface area contributed by atoms with Crippen LogP contribution >= 0.6 is 7.60 Å². The van der Waals surface area contributed by atoms with E-state index in [1.54, 1.807) is 0 Å². The van der Waals surface area contributed by atoms with Crippen LogP contribution in [-0.4, -0.2) is 20.7 Å². The van der Waals surface area contributed by atoms with Crippen molar-refractivity contribution in [2.24, 2.45) is 0 Å². The molecule has 8 heavy (non-hydrogen) atoms. The molecule has 0 amide bonds. The van der Waals surface area contributed by atoms with Gasteiger partial charge in [-0.2, -0.15) is 0 Å². The summed E-state index contributed by atoms with van der Waals surface area (Å²) in [4.78, 5) is 16.3. The Labute approximate surface area is 47.3 Å². The second-order valence-corrected chi connectivity index (χ2v) is 3.25. The van der Waals surface area contributed by atoms with Gasteiger partial charge in [-0.25, -0.2) is 0 Å². The van der Waals surface area contributed by atoms with Gasteiger partial charge in [0.25, 0.3) is 0 Å². The van der Waals surface area contributed by atoms with Crippen LogP contribution < -0.4 is 0 Å². The summed E-state index contributed by atoms with van der Waals surface area (Å²) in [6, 6.07) is 0. The van der Waals surface area contributed by atoms with Crippen LogP contribution in [0.2, 0.25) is 0 Å². The molecule has 1 atom stereocenters. The van der Waals surface area contributed by atoms with Crippen molar-refractivity contribution in [3.05, 3.63) is 0 Å². The molecule has 1 unspecified atom stereocenters. The molecule has 0 radical (unpaired) electrons. The minimum Gasteiger partial charge on any atom is -0.380 e. The minimum absolute atomic E-state index is 0.0876. The molecule has 3 N–H and O–H groups in total. The average molecular weight is 140 g/mol. The smallest absolute Gasteiger partial charge is 0.353 e. The Morgan fingerprint density at radius 3 is 2.00 bits per heavy atom. The predicted octanol–water partition coefficient (Wildman–Crippen LogP) is -0.107. The lowest BCUT2D eigenvalue weighted by atomic mass is 10.5. The van der Waals surface area contributed by atoms with Crippen LogP contribution in [-0.2, 0) is 4.57 Å². The second kappa shape index (κ2) is 2.60. The standard InChI is InChI=1S/C3H9O4P/c1-2-3(4)8(5,6)7/h3-4H,2H2,1H3,(H2,5,6,7). The SMILES string of the molecule is CCC(O)P(=O)(O)O. The Kier molecular flexibility index (Phi) is 2.63. The minimum atomic E-state index is -4.20. The van der Waals surface area contributed by atoms with E-state index < -0.39 is 13.4 Å². The van der Waals surface area contributed by atoms with Gasteiger partial charge in [0, 0.05) is 0 Å². The zero-order valence-corrected chi connectivity index (χ0v) is 5.38. The summed E-state index contributed by atoms with van der Waals surface area (Å²) in [5, 5.41) is 8.43. The van der Waals surface area contributed by atoms with Gasteiger partial charge in [-0.05, 0) is 6.42 Å². The fourth-order valence-electron chi connectivity index (χ4n) is 0.238. The fourth-order valence-corrected chi connectivity index (χ4v) is 0.714. The lowest BCUT2D eigenvalue weighted by molar-refractivity contribution is 0.199. The highest BCUT2D eigenvalue weighted by Crippen LogP contribution is 2.40. The van der Waals surface area contributed by atoms with Gasteiger partial charge in [0.05, 0.1) is 0 Å². The molecular formula is C3H9O4P. The van der Waals surface area contributed by atoms with E-state index in [-0.39, 0.29) is 6.42 Å². The average Bonchev–Trinajstić information content (AvgIpc) is 1.62. The molecule has 0 aliphatic heterocycles. The molecule has 0 heterocycles. The molecule has 0 aromatic rings. The predicted molar refractivity (Wildman–Crippen MR) is 28.3 cm³/mol. The number of rotatable bonds is 2. The van der Waals surface area contributed by atoms with Gasteiger partial charge in [-0.3, -0.25) is 4.57 Å². The van der Waals surface area contributed by atoms with Crippen molar-refractivity contribution in [1.82, 2.24) is 0 Å². The summed E-state index contributed by atoms with van der Waals surface area (Å²) < 4.78 is 10.0. The molecule has 0 aliphatic rings. The summed E-state index contributed by atoms with van der Waals surface area (Å²) in [5.74, 6) is -1.48. The third-order valence-corrected chi connectivity index (χ3v) is 1.90. The van der Waals surface area contributed by atoms with Crippen molar-refractivity contribution < 1.29 is 19.5 Å². The number of aliphatic hydroxyl groups excluding tert-OH is 1. The molecule has 0 saturated carbocycles. The lowest BCUT2D eigenvalue weighted by Crippen LogP contribution is -2.03. The highest BCUT2D eigenvalue weighted by molar-refractivity contribution is 7.52. The van der Waals surface area contributed by atoms with Crippen molar-refractivity contribution in [3.63, 3.8) is 0 Å². The van der Waals surface area contributed by atoms with Gasteiger partial charge in [0.2, 0.25) is 0 Å². The zero-order valence-electron chi connectivity index (χ0n) is 4.48. The van der Waals surface area contributed by atoms with Gasteiger partial charge < -0.3 is 14.9 Å². The maximum absolute atomic E-state index is 10.0. The largest absolute Gasteiger partial charge is 0.380 e. The van der Waals surface area contributed by atoms with E-state index >= 15 is 0 Å². The van der Waals surface area contributed by atoms with Crippen LogP contribution in [0.1, 0.15) is 13.3 Å². The van der Waals surface area contributed by atoms with Gasteiger partial charge in [0.15, 0.2) is 5.85 Å². The molecule has 0 aromatic heterocycles. The van der Waals surface area contributed by atoms with Gasteiger partial charge >= 0.3 is 7.60 Å². The molecule has 0 rings (SSSR count). The number of aliphatic hydroxyl groups is 1. The van der Waals surface area contributed by atoms with E-state index in [9.17, 15) is 4.57 Å². The quantitative estimate of drug-likeness (QED) is 0.468. The van der Waals surface area contributed by atoms with Crippen LogP contribution in [0, 0.1) is 0 Å². The first-order valence-corrected chi connectivity index (χ1v) is 3.90. The maximum atomic E-state index is 10.0. The van der Waals surface area contributed by atoms with E-state index in [1.165, 1.54) is 6.92 Å². The molecule has 4 nitrogen and oxygen atoms in total. The molecular weight excluding hydrogens is 131 g/mol. The highest BCUT2D eigenvalue weighted by atomic mass is 31.2. The normalized spacial score (nSPS) is 16.0. The Morgan fingerprint density at radius 2 is 2.00 bits per heavy atom. The fraction of sp³-hybridized carbons (Fsp3) is 1.00. The van der Waals surface area contributed by atoms with Crippen molar-refractivity contribution in [2.45, 2.75) is 19.2 Å². The van der Waals surface area contributed by atoms with Crippen LogP contribution in [0.25, 0.3) is 0 Å². The number of hydrogen-bond donors (Lipinski definition) is 3. The van der Waals surface area contributed by atoms with Crippen LogP contribution in [0.15, 0.2) is 0 Å². The summed E-state index contributed by atoms with van der Waals surface area (Å²) in [6.07, 6.45) is 0.0876. The third kappa shape index (κ3) is 2.43. The van der Waals surface area contributed by atoms with Gasteiger partial charge in [-0.1, -0.05) is 6.92 Å². The summed E-state index contributed by atoms with van der Waals surface area (Å²) in [5.41, 5.74) is 0. The van der Waals surface area contributed by atoms with Crippen molar-refractivity contribution in [1.29, 1.82) is 0 Å². The van der Waals surface area contributed by atoms with E-state index in [2.05, 4.69) is 0 Å². The van der Waals surface area contributed by atoms with Crippen LogP contribution in [0.5, 0.6) is 0 Å². The van der Waals surface area contributed by atoms with Gasteiger partial charge in [0.1, 0.15) is 0 Å². The van der Waals surface area contributed by atoms with E-state index in [0.29, 0.717) is 0 Å². The molecule has 0 aliphatic carbocycles. The topological polar surface area (TPSA) is 77.8 Å². The first-order valence-electron chi connectivity index (χ1n) is 2.21. The third-order valence-electron chi connectivity index (χ3n) is 0.753. The Morgan fingerprint density at radius 1 is 1.62 bits per heavy atom. The van der Waals surface area contributed by atoms with Crippen LogP contribution in [0.3, 0.4) is 0 Å². The Balaban J connectivity index is 3.82. The lowest BCUT2D eigenvalue weighted by Gasteiger charge is -2.07. The summed E-state index contributed by atoms with van der Waals surface area (Å²) in [6.45, 7) is 1.50. The zero-order chi connectivity index (χ0) is 6.78.